The summed E-state index contributed by atoms with van der Waals surface area (Å²) in [6.07, 6.45) is 12.1. The highest BCUT2D eigenvalue weighted by Gasteiger charge is 2.54. The Kier molecular flexibility index (Phi) is 7.21. The van der Waals surface area contributed by atoms with E-state index in [1.165, 1.54) is 25.7 Å². The molecule has 3 aliphatic carbocycles. The Hall–Kier alpha value is -0.410. The van der Waals surface area contributed by atoms with Crippen LogP contribution in [0.3, 0.4) is 0 Å². The Bertz CT molecular complexity index is 687. The van der Waals surface area contributed by atoms with Crippen LogP contribution in [0, 0.1) is 28.6 Å². The van der Waals surface area contributed by atoms with E-state index in [-0.39, 0.29) is 10.8 Å². The smallest absolute Gasteiger partial charge is 0.287 e. The summed E-state index contributed by atoms with van der Waals surface area (Å²) in [7, 11) is -3.47. The lowest BCUT2D eigenvalue weighted by Crippen LogP contribution is -2.51. The van der Waals surface area contributed by atoms with Crippen LogP contribution in [0.4, 0.5) is 0 Å². The molecule has 0 aliphatic heterocycles. The van der Waals surface area contributed by atoms with Gasteiger partial charge < -0.3 is 0 Å². The third-order valence-electron chi connectivity index (χ3n) is 7.83. The van der Waals surface area contributed by atoms with Crippen molar-refractivity contribution in [3.63, 3.8) is 0 Å². The zero-order chi connectivity index (χ0) is 21.3. The van der Waals surface area contributed by atoms with Crippen LogP contribution >= 0.6 is 7.82 Å². The molecule has 1 fully saturated rings. The minimum Gasteiger partial charge on any atom is -0.287 e. The summed E-state index contributed by atoms with van der Waals surface area (Å²) in [6.45, 7) is 14.2. The normalized spacial score (nSPS) is 35.0. The van der Waals surface area contributed by atoms with Crippen molar-refractivity contribution < 1.29 is 18.1 Å². The molecule has 0 N–H and O–H groups in total. The van der Waals surface area contributed by atoms with Gasteiger partial charge in [-0.2, -0.15) is 0 Å². The van der Waals surface area contributed by atoms with E-state index in [9.17, 15) is 4.57 Å². The van der Waals surface area contributed by atoms with Gasteiger partial charge in [-0.3, -0.25) is 13.6 Å². The van der Waals surface area contributed by atoms with E-state index in [0.29, 0.717) is 37.6 Å². The molecule has 0 aromatic rings. The maximum atomic E-state index is 12.9. The van der Waals surface area contributed by atoms with E-state index in [4.69, 9.17) is 13.6 Å². The zero-order valence-corrected chi connectivity index (χ0v) is 20.2. The van der Waals surface area contributed by atoms with Crippen molar-refractivity contribution in [2.75, 3.05) is 19.8 Å². The van der Waals surface area contributed by atoms with Crippen LogP contribution in [0.25, 0.3) is 0 Å². The number of allylic oxidation sites excluding steroid dienone is 4. The van der Waals surface area contributed by atoms with E-state index < -0.39 is 7.82 Å². The molecular formula is C24H41O4P. The van der Waals surface area contributed by atoms with Crippen LogP contribution in [-0.2, 0) is 18.1 Å². The number of fused-ring (bicyclic) bond motifs is 3. The molecule has 0 aromatic heterocycles. The Morgan fingerprint density at radius 1 is 1.14 bits per heavy atom. The highest BCUT2D eigenvalue weighted by Crippen LogP contribution is 2.63. The van der Waals surface area contributed by atoms with E-state index in [1.54, 1.807) is 11.1 Å². The van der Waals surface area contributed by atoms with Gasteiger partial charge in [0.05, 0.1) is 19.8 Å². The van der Waals surface area contributed by atoms with Crippen molar-refractivity contribution in [1.29, 1.82) is 0 Å². The average Bonchev–Trinajstić information content (AvgIpc) is 2.66. The molecule has 29 heavy (non-hydrogen) atoms. The third kappa shape index (κ3) is 4.61. The van der Waals surface area contributed by atoms with Gasteiger partial charge in [0.15, 0.2) is 0 Å². The van der Waals surface area contributed by atoms with Crippen molar-refractivity contribution >= 4 is 7.82 Å². The van der Waals surface area contributed by atoms with Gasteiger partial charge in [0, 0.05) is 0 Å². The average molecular weight is 425 g/mol. The lowest BCUT2D eigenvalue weighted by atomic mass is 9.47. The van der Waals surface area contributed by atoms with Crippen LogP contribution in [-0.4, -0.2) is 19.8 Å². The molecule has 3 aliphatic rings. The van der Waals surface area contributed by atoms with Gasteiger partial charge in [-0.25, -0.2) is 4.57 Å². The van der Waals surface area contributed by atoms with Crippen molar-refractivity contribution in [3.8, 4) is 0 Å². The monoisotopic (exact) mass is 424 g/mol. The molecule has 166 valence electrons. The number of phosphoric ester groups is 1. The molecule has 4 nitrogen and oxygen atoms in total. The minimum absolute atomic E-state index is 0.0130. The second kappa shape index (κ2) is 8.99. The van der Waals surface area contributed by atoms with Gasteiger partial charge in [0.25, 0.3) is 0 Å². The zero-order valence-electron chi connectivity index (χ0n) is 19.3. The molecule has 0 saturated heterocycles. The highest BCUT2D eigenvalue weighted by atomic mass is 31.2. The Labute approximate surface area is 178 Å². The Balaban J connectivity index is 1.82. The topological polar surface area (TPSA) is 44.8 Å². The summed E-state index contributed by atoms with van der Waals surface area (Å²) in [6, 6.07) is 0. The third-order valence-corrected chi connectivity index (χ3v) is 9.42. The van der Waals surface area contributed by atoms with Gasteiger partial charge >= 0.3 is 7.82 Å². The number of phosphoric acid groups is 1. The van der Waals surface area contributed by atoms with E-state index in [0.717, 1.165) is 12.8 Å². The maximum Gasteiger partial charge on any atom is 0.474 e. The largest absolute Gasteiger partial charge is 0.474 e. The van der Waals surface area contributed by atoms with Crippen LogP contribution in [0.15, 0.2) is 23.3 Å². The van der Waals surface area contributed by atoms with E-state index in [1.807, 2.05) is 13.8 Å². The first-order valence-electron chi connectivity index (χ1n) is 11.6. The number of rotatable bonds is 8. The summed E-state index contributed by atoms with van der Waals surface area (Å²) in [5.74, 6) is 1.80. The second-order valence-corrected chi connectivity index (χ2v) is 11.7. The fourth-order valence-corrected chi connectivity index (χ4v) is 7.61. The summed E-state index contributed by atoms with van der Waals surface area (Å²) in [4.78, 5) is 0. The standard InChI is InChI=1S/C24H41O4P/c1-7-26-29(25,27-8-2)28-17-23(5)14-9-15-24(6)21-12-10-19(18(3)4)16-20(21)11-13-22(23)24/h11,16,18,21-22H,7-10,12-15,17H2,1-6H3/t21-,22?,23-,24-/m1/s1. The Morgan fingerprint density at radius 3 is 2.45 bits per heavy atom. The van der Waals surface area contributed by atoms with Gasteiger partial charge in [0.2, 0.25) is 0 Å². The van der Waals surface area contributed by atoms with Crippen molar-refractivity contribution in [1.82, 2.24) is 0 Å². The summed E-state index contributed by atoms with van der Waals surface area (Å²) >= 11 is 0. The first-order chi connectivity index (χ1) is 13.7. The van der Waals surface area contributed by atoms with Gasteiger partial charge in [-0.05, 0) is 80.1 Å². The first-order valence-corrected chi connectivity index (χ1v) is 13.1. The molecule has 0 aromatic carbocycles. The molecular weight excluding hydrogens is 383 g/mol. The Morgan fingerprint density at radius 2 is 1.83 bits per heavy atom. The second-order valence-electron chi connectivity index (χ2n) is 10.0. The molecule has 0 spiro atoms. The van der Waals surface area contributed by atoms with Gasteiger partial charge in [-0.1, -0.05) is 51.8 Å². The lowest BCUT2D eigenvalue weighted by molar-refractivity contribution is -0.0745. The van der Waals surface area contributed by atoms with E-state index in [2.05, 4.69) is 39.8 Å². The van der Waals surface area contributed by atoms with Crippen LogP contribution in [0.1, 0.15) is 80.1 Å². The van der Waals surface area contributed by atoms with Gasteiger partial charge in [0.1, 0.15) is 0 Å². The number of hydrogen-bond acceptors (Lipinski definition) is 4. The van der Waals surface area contributed by atoms with E-state index >= 15 is 0 Å². The first kappa shape index (κ1) is 23.3. The van der Waals surface area contributed by atoms with Crippen molar-refractivity contribution in [2.24, 2.45) is 28.6 Å². The summed E-state index contributed by atoms with van der Waals surface area (Å²) in [5.41, 5.74) is 3.44. The molecule has 3 rings (SSSR count). The molecule has 1 saturated carbocycles. The lowest BCUT2D eigenvalue weighted by Gasteiger charge is -2.58. The minimum atomic E-state index is -3.47. The van der Waals surface area contributed by atoms with Crippen LogP contribution in [0.5, 0.6) is 0 Å². The molecule has 0 bridgehead atoms. The highest BCUT2D eigenvalue weighted by molar-refractivity contribution is 7.48. The molecule has 0 amide bonds. The molecule has 4 atom stereocenters. The van der Waals surface area contributed by atoms with Crippen molar-refractivity contribution in [3.05, 3.63) is 23.3 Å². The SMILES string of the molecule is CCOP(=O)(OCC)OC[C@@]1(C)CCC[C@@]2(C)C1CC=C1C=C(C(C)C)CC[C@H]12. The molecule has 1 unspecified atom stereocenters. The van der Waals surface area contributed by atoms with Crippen LogP contribution < -0.4 is 0 Å². The summed E-state index contributed by atoms with van der Waals surface area (Å²) < 4.78 is 29.5. The number of hydrogen-bond donors (Lipinski definition) is 0. The fourth-order valence-electron chi connectivity index (χ4n) is 6.30. The quantitative estimate of drug-likeness (QED) is 0.383. The summed E-state index contributed by atoms with van der Waals surface area (Å²) in [5, 5.41) is 0. The maximum absolute atomic E-state index is 12.9. The predicted octanol–water partition coefficient (Wildman–Crippen LogP) is 7.32. The molecule has 0 radical (unpaired) electrons. The molecule has 0 heterocycles. The van der Waals surface area contributed by atoms with Crippen molar-refractivity contribution in [2.45, 2.75) is 80.1 Å². The van der Waals surface area contributed by atoms with Gasteiger partial charge in [-0.15, -0.1) is 0 Å². The molecule has 5 heteroatoms. The van der Waals surface area contributed by atoms with Crippen LogP contribution in [0.2, 0.25) is 0 Å². The predicted molar refractivity (Wildman–Crippen MR) is 119 cm³/mol. The fraction of sp³-hybridized carbons (Fsp3) is 0.833.